The highest BCUT2D eigenvalue weighted by Gasteiger charge is 2.40. The van der Waals surface area contributed by atoms with E-state index in [0.717, 1.165) is 15.6 Å². The molecule has 2 aromatic carbocycles. The molecule has 1 aliphatic heterocycles. The van der Waals surface area contributed by atoms with Crippen molar-refractivity contribution in [2.45, 2.75) is 30.1 Å². The molecule has 1 atom stereocenters. The summed E-state index contributed by atoms with van der Waals surface area (Å²) in [6.07, 6.45) is 0.419. The zero-order valence-electron chi connectivity index (χ0n) is 17.0. The van der Waals surface area contributed by atoms with Crippen LogP contribution >= 0.6 is 22.9 Å². The van der Waals surface area contributed by atoms with Crippen LogP contribution in [0.3, 0.4) is 0 Å². The molecule has 1 aromatic heterocycles. The molecule has 0 spiro atoms. The molecule has 0 saturated carbocycles. The maximum atomic E-state index is 13.4. The van der Waals surface area contributed by atoms with Gasteiger partial charge < -0.3 is 4.90 Å². The van der Waals surface area contributed by atoms with E-state index in [1.807, 2.05) is 12.1 Å². The van der Waals surface area contributed by atoms with E-state index < -0.39 is 16.1 Å². The quantitative estimate of drug-likeness (QED) is 0.557. The number of hydrogen-bond acceptors (Lipinski definition) is 5. The van der Waals surface area contributed by atoms with Crippen molar-refractivity contribution in [2.24, 2.45) is 0 Å². The fourth-order valence-electron chi connectivity index (χ4n) is 3.89. The van der Waals surface area contributed by atoms with Gasteiger partial charge in [-0.1, -0.05) is 23.7 Å². The maximum Gasteiger partial charge on any atom is 0.253 e. The monoisotopic (exact) mass is 473 g/mol. The van der Waals surface area contributed by atoms with E-state index in [9.17, 15) is 13.2 Å². The number of nitrogens with zero attached hydrogens (tertiary/aromatic N) is 3. The van der Waals surface area contributed by atoms with E-state index in [2.05, 4.69) is 6.07 Å². The highest BCUT2D eigenvalue weighted by molar-refractivity contribution is 7.91. The van der Waals surface area contributed by atoms with Crippen LogP contribution in [0.15, 0.2) is 46.7 Å². The molecule has 3 aromatic rings. The van der Waals surface area contributed by atoms with Gasteiger partial charge in [0.25, 0.3) is 10.0 Å². The molecule has 31 heavy (non-hydrogen) atoms. The Labute approximate surface area is 190 Å². The number of benzene rings is 2. The number of likely N-dealkylation sites (tertiary alicyclic amines) is 1. The van der Waals surface area contributed by atoms with Crippen LogP contribution in [-0.4, -0.2) is 43.2 Å². The number of carbonyl (C=O) groups is 1. The third-order valence-corrected chi connectivity index (χ3v) is 9.58. The van der Waals surface area contributed by atoms with Gasteiger partial charge in [0, 0.05) is 29.9 Å². The first-order valence-corrected chi connectivity index (χ1v) is 12.3. The molecule has 1 saturated heterocycles. The van der Waals surface area contributed by atoms with E-state index >= 15 is 0 Å². The topological polar surface area (TPSA) is 81.5 Å². The summed E-state index contributed by atoms with van der Waals surface area (Å²) in [6, 6.07) is 13.7. The molecule has 1 amide bonds. The second-order valence-corrected chi connectivity index (χ2v) is 11.2. The summed E-state index contributed by atoms with van der Waals surface area (Å²) in [6.45, 7) is 2.57. The van der Waals surface area contributed by atoms with Crippen LogP contribution in [0.4, 0.5) is 0 Å². The number of aryl methyl sites for hydroxylation is 1. The highest BCUT2D eigenvalue weighted by atomic mass is 35.5. The second kappa shape index (κ2) is 8.24. The van der Waals surface area contributed by atoms with E-state index in [0.29, 0.717) is 35.7 Å². The van der Waals surface area contributed by atoms with Gasteiger partial charge in [0.15, 0.2) is 0 Å². The normalized spacial score (nSPS) is 16.9. The van der Waals surface area contributed by atoms with Crippen LogP contribution in [0.5, 0.6) is 0 Å². The number of halogens is 1. The third kappa shape index (κ3) is 3.94. The predicted octanol–water partition coefficient (Wildman–Crippen LogP) is 4.16. The van der Waals surface area contributed by atoms with Crippen LogP contribution in [0.1, 0.15) is 23.1 Å². The summed E-state index contributed by atoms with van der Waals surface area (Å²) >= 11 is 7.27. The number of sulfonamides is 1. The zero-order chi connectivity index (χ0) is 22.3. The number of carbonyl (C=O) groups excluding carboxylic acids is 1. The average Bonchev–Trinajstić information content (AvgIpc) is 3.28. The Hall–Kier alpha value is -2.44. The lowest BCUT2D eigenvalue weighted by Gasteiger charge is -2.23. The maximum absolute atomic E-state index is 13.4. The molecule has 4 rings (SSSR count). The van der Waals surface area contributed by atoms with Crippen molar-refractivity contribution in [3.63, 3.8) is 0 Å². The van der Waals surface area contributed by atoms with Crippen molar-refractivity contribution in [1.29, 1.82) is 5.26 Å². The number of nitriles is 1. The van der Waals surface area contributed by atoms with Crippen LogP contribution in [-0.2, 0) is 21.4 Å². The van der Waals surface area contributed by atoms with Crippen molar-refractivity contribution >= 4 is 49.0 Å². The smallest absolute Gasteiger partial charge is 0.253 e. The van der Waals surface area contributed by atoms with Crippen molar-refractivity contribution in [2.75, 3.05) is 13.6 Å². The minimum absolute atomic E-state index is 0.227. The SMILES string of the molecule is Cc1c(S(=O)(=O)N(C)[C@H]2CCN(Cc3cccc(C#N)c3)C2=O)sc2ccc(Cl)cc12. The molecule has 0 N–H and O–H groups in total. The van der Waals surface area contributed by atoms with Crippen molar-refractivity contribution in [3.8, 4) is 6.07 Å². The Morgan fingerprint density at radius 3 is 2.81 bits per heavy atom. The molecule has 1 aliphatic rings. The first-order chi connectivity index (χ1) is 14.7. The van der Waals surface area contributed by atoms with E-state index in [1.165, 1.54) is 22.7 Å². The minimum atomic E-state index is -3.85. The molecule has 0 aliphatic carbocycles. The van der Waals surface area contributed by atoms with Gasteiger partial charge in [-0.15, -0.1) is 11.3 Å². The van der Waals surface area contributed by atoms with Crippen LogP contribution in [0.2, 0.25) is 5.02 Å². The standard InChI is InChI=1S/C22H20ClN3O3S2/c1-14-18-11-17(23)6-7-20(18)30-22(14)31(28,29)25(2)19-8-9-26(21(19)27)13-16-5-3-4-15(10-16)12-24/h3-7,10-11,19H,8-9,13H2,1-2H3/t19-/m0/s1. The Morgan fingerprint density at radius 2 is 2.06 bits per heavy atom. The molecule has 2 heterocycles. The molecular weight excluding hydrogens is 454 g/mol. The summed E-state index contributed by atoms with van der Waals surface area (Å²) in [5.41, 5.74) is 2.02. The zero-order valence-corrected chi connectivity index (χ0v) is 19.4. The lowest BCUT2D eigenvalue weighted by atomic mass is 10.1. The van der Waals surface area contributed by atoms with Gasteiger partial charge in [-0.3, -0.25) is 4.79 Å². The summed E-state index contributed by atoms with van der Waals surface area (Å²) in [4.78, 5) is 14.7. The Kier molecular flexibility index (Phi) is 5.79. The molecule has 6 nitrogen and oxygen atoms in total. The first kappa shape index (κ1) is 21.8. The van der Waals surface area contributed by atoms with E-state index in [1.54, 1.807) is 42.2 Å². The average molecular weight is 474 g/mol. The Balaban J connectivity index is 1.58. The fraction of sp³-hybridized carbons (Fsp3) is 0.273. The number of likely N-dealkylation sites (N-methyl/N-ethyl adjacent to an activating group) is 1. The molecule has 1 fully saturated rings. The largest absolute Gasteiger partial charge is 0.337 e. The van der Waals surface area contributed by atoms with Crippen LogP contribution in [0, 0.1) is 18.3 Å². The van der Waals surface area contributed by atoms with Gasteiger partial charge in [-0.25, -0.2) is 8.42 Å². The molecule has 0 radical (unpaired) electrons. The Morgan fingerprint density at radius 1 is 1.29 bits per heavy atom. The first-order valence-electron chi connectivity index (χ1n) is 9.67. The summed E-state index contributed by atoms with van der Waals surface area (Å²) < 4.78 is 29.0. The van der Waals surface area contributed by atoms with Gasteiger partial charge in [0.1, 0.15) is 10.3 Å². The molecular formula is C22H20ClN3O3S2. The van der Waals surface area contributed by atoms with Crippen molar-refractivity contribution < 1.29 is 13.2 Å². The molecule has 9 heteroatoms. The van der Waals surface area contributed by atoms with Crippen LogP contribution in [0.25, 0.3) is 10.1 Å². The summed E-state index contributed by atoms with van der Waals surface area (Å²) in [5.74, 6) is -0.227. The molecule has 0 bridgehead atoms. The molecule has 160 valence electrons. The fourth-order valence-corrected chi connectivity index (χ4v) is 7.32. The lowest BCUT2D eigenvalue weighted by molar-refractivity contribution is -0.131. The van der Waals surface area contributed by atoms with Crippen LogP contribution < -0.4 is 0 Å². The van der Waals surface area contributed by atoms with Crippen molar-refractivity contribution in [1.82, 2.24) is 9.21 Å². The number of fused-ring (bicyclic) bond motifs is 1. The van der Waals surface area contributed by atoms with E-state index in [-0.39, 0.29) is 10.1 Å². The summed E-state index contributed by atoms with van der Waals surface area (Å²) in [7, 11) is -2.38. The number of amides is 1. The van der Waals surface area contributed by atoms with Gasteiger partial charge in [-0.05, 0) is 60.2 Å². The van der Waals surface area contributed by atoms with Gasteiger partial charge >= 0.3 is 0 Å². The van der Waals surface area contributed by atoms with Crippen molar-refractivity contribution in [3.05, 3.63) is 64.2 Å². The van der Waals surface area contributed by atoms with Gasteiger partial charge in [0.2, 0.25) is 5.91 Å². The predicted molar refractivity (Wildman–Crippen MR) is 121 cm³/mol. The number of hydrogen-bond donors (Lipinski definition) is 0. The molecule has 0 unspecified atom stereocenters. The van der Waals surface area contributed by atoms with E-state index in [4.69, 9.17) is 16.9 Å². The second-order valence-electron chi connectivity index (χ2n) is 7.55. The Bertz CT molecular complexity index is 1330. The third-order valence-electron chi connectivity index (χ3n) is 5.61. The minimum Gasteiger partial charge on any atom is -0.337 e. The number of thiophene rings is 1. The van der Waals surface area contributed by atoms with Gasteiger partial charge in [0.05, 0.1) is 11.6 Å². The summed E-state index contributed by atoms with van der Waals surface area (Å²) in [5, 5.41) is 10.4. The lowest BCUT2D eigenvalue weighted by Crippen LogP contribution is -2.42. The highest BCUT2D eigenvalue weighted by Crippen LogP contribution is 2.37. The number of rotatable bonds is 5. The van der Waals surface area contributed by atoms with Gasteiger partial charge in [-0.2, -0.15) is 9.57 Å².